The normalized spacial score (nSPS) is 12.9. The lowest BCUT2D eigenvalue weighted by molar-refractivity contribution is -0.145. The molecule has 0 aliphatic heterocycles. The van der Waals surface area contributed by atoms with Crippen LogP contribution < -0.4 is 10.5 Å². The summed E-state index contributed by atoms with van der Waals surface area (Å²) in [6.07, 6.45) is -3.56. The van der Waals surface area contributed by atoms with Gasteiger partial charge in [0.05, 0.1) is 12.7 Å². The van der Waals surface area contributed by atoms with Gasteiger partial charge in [-0.15, -0.1) is 0 Å². The molecule has 2 N–H and O–H groups in total. The zero-order valence-electron chi connectivity index (χ0n) is 11.9. The predicted octanol–water partition coefficient (Wildman–Crippen LogP) is 2.54. The molecule has 1 atom stereocenters. The van der Waals surface area contributed by atoms with E-state index in [0.29, 0.717) is 18.4 Å². The minimum atomic E-state index is -4.57. The standard InChI is InChI=1S/C14H18F3NO3/c1-3-10(18)6-9-4-5-12(21-8-13(19)20-2)11(7-9)14(15,16)17/h4-5,7,10H,3,6,8,18H2,1-2H3. The summed E-state index contributed by atoms with van der Waals surface area (Å²) in [5, 5.41) is 0. The molecule has 0 aromatic heterocycles. The quantitative estimate of drug-likeness (QED) is 0.820. The number of alkyl halides is 3. The third-order valence-electron chi connectivity index (χ3n) is 2.94. The summed E-state index contributed by atoms with van der Waals surface area (Å²) in [6, 6.07) is 3.51. The summed E-state index contributed by atoms with van der Waals surface area (Å²) in [6.45, 7) is 1.29. The number of carbonyl (C=O) groups excluding carboxylic acids is 1. The maximum absolute atomic E-state index is 13.0. The Bertz CT molecular complexity index is 489. The molecular formula is C14H18F3NO3. The van der Waals surface area contributed by atoms with Crippen LogP contribution in [0.2, 0.25) is 0 Å². The number of methoxy groups -OCH3 is 1. The Morgan fingerprint density at radius 1 is 1.38 bits per heavy atom. The van der Waals surface area contributed by atoms with Gasteiger partial charge in [0.15, 0.2) is 6.61 Å². The van der Waals surface area contributed by atoms with Crippen molar-refractivity contribution in [2.75, 3.05) is 13.7 Å². The van der Waals surface area contributed by atoms with E-state index in [1.54, 1.807) is 0 Å². The highest BCUT2D eigenvalue weighted by molar-refractivity contribution is 5.71. The second-order valence-electron chi connectivity index (χ2n) is 4.57. The maximum atomic E-state index is 13.0. The summed E-state index contributed by atoms with van der Waals surface area (Å²) in [5.74, 6) is -1.15. The van der Waals surface area contributed by atoms with Crippen molar-refractivity contribution in [2.45, 2.75) is 32.0 Å². The summed E-state index contributed by atoms with van der Waals surface area (Å²) < 4.78 is 48.3. The van der Waals surface area contributed by atoms with Crippen LogP contribution in [0.25, 0.3) is 0 Å². The van der Waals surface area contributed by atoms with Crippen LogP contribution in [0.5, 0.6) is 5.75 Å². The molecule has 0 fully saturated rings. The predicted molar refractivity (Wildman–Crippen MR) is 70.9 cm³/mol. The minimum absolute atomic E-state index is 0.201. The van der Waals surface area contributed by atoms with Crippen LogP contribution in [-0.2, 0) is 22.1 Å². The number of hydrogen-bond acceptors (Lipinski definition) is 4. The van der Waals surface area contributed by atoms with Gasteiger partial charge >= 0.3 is 12.1 Å². The zero-order valence-corrected chi connectivity index (χ0v) is 11.9. The summed E-state index contributed by atoms with van der Waals surface area (Å²) in [4.78, 5) is 11.0. The number of hydrogen-bond donors (Lipinski definition) is 1. The molecule has 21 heavy (non-hydrogen) atoms. The molecule has 4 nitrogen and oxygen atoms in total. The minimum Gasteiger partial charge on any atom is -0.481 e. The van der Waals surface area contributed by atoms with Crippen molar-refractivity contribution in [1.82, 2.24) is 0 Å². The number of rotatable bonds is 6. The number of nitrogens with two attached hydrogens (primary N) is 1. The fourth-order valence-electron chi connectivity index (χ4n) is 1.69. The molecule has 0 heterocycles. The molecule has 0 aliphatic rings. The average molecular weight is 305 g/mol. The largest absolute Gasteiger partial charge is 0.481 e. The number of ether oxygens (including phenoxy) is 2. The van der Waals surface area contributed by atoms with Crippen LogP contribution in [0.3, 0.4) is 0 Å². The second kappa shape index (κ2) is 7.31. The van der Waals surface area contributed by atoms with Crippen molar-refractivity contribution >= 4 is 5.97 Å². The van der Waals surface area contributed by atoms with Gasteiger partial charge in [-0.1, -0.05) is 13.0 Å². The first-order chi connectivity index (χ1) is 9.77. The third kappa shape index (κ3) is 5.26. The fraction of sp³-hybridized carbons (Fsp3) is 0.500. The van der Waals surface area contributed by atoms with Gasteiger partial charge in [0, 0.05) is 6.04 Å². The van der Waals surface area contributed by atoms with Crippen molar-refractivity contribution in [3.05, 3.63) is 29.3 Å². The smallest absolute Gasteiger partial charge is 0.419 e. The van der Waals surface area contributed by atoms with Crippen molar-refractivity contribution in [2.24, 2.45) is 5.73 Å². The van der Waals surface area contributed by atoms with Crippen LogP contribution in [0, 0.1) is 0 Å². The number of benzene rings is 1. The van der Waals surface area contributed by atoms with Crippen molar-refractivity contribution in [3.8, 4) is 5.75 Å². The number of esters is 1. The van der Waals surface area contributed by atoms with Crippen molar-refractivity contribution < 1.29 is 27.4 Å². The fourth-order valence-corrected chi connectivity index (χ4v) is 1.69. The van der Waals surface area contributed by atoms with Gasteiger partial charge in [-0.05, 0) is 30.5 Å². The Hall–Kier alpha value is -1.76. The first-order valence-corrected chi connectivity index (χ1v) is 6.43. The van der Waals surface area contributed by atoms with E-state index in [9.17, 15) is 18.0 Å². The lowest BCUT2D eigenvalue weighted by Crippen LogP contribution is -2.22. The van der Waals surface area contributed by atoms with Crippen LogP contribution in [0.15, 0.2) is 18.2 Å². The highest BCUT2D eigenvalue weighted by Gasteiger charge is 2.35. The molecule has 1 unspecified atom stereocenters. The Morgan fingerprint density at radius 3 is 2.57 bits per heavy atom. The number of halogens is 3. The van der Waals surface area contributed by atoms with Crippen LogP contribution in [-0.4, -0.2) is 25.7 Å². The van der Waals surface area contributed by atoms with Crippen molar-refractivity contribution in [3.63, 3.8) is 0 Å². The Morgan fingerprint density at radius 2 is 2.05 bits per heavy atom. The van der Waals surface area contributed by atoms with E-state index in [4.69, 9.17) is 10.5 Å². The van der Waals surface area contributed by atoms with E-state index in [1.807, 2.05) is 6.92 Å². The molecule has 118 valence electrons. The molecule has 0 bridgehead atoms. The van der Waals surface area contributed by atoms with Gasteiger partial charge in [0.2, 0.25) is 0 Å². The van der Waals surface area contributed by atoms with E-state index in [2.05, 4.69) is 4.74 Å². The average Bonchev–Trinajstić information content (AvgIpc) is 2.44. The summed E-state index contributed by atoms with van der Waals surface area (Å²) in [5.41, 5.74) is 5.30. The van der Waals surface area contributed by atoms with E-state index in [0.717, 1.165) is 13.2 Å². The van der Waals surface area contributed by atoms with Crippen LogP contribution in [0.1, 0.15) is 24.5 Å². The first kappa shape index (κ1) is 17.3. The third-order valence-corrected chi connectivity index (χ3v) is 2.94. The first-order valence-electron chi connectivity index (χ1n) is 6.43. The topological polar surface area (TPSA) is 61.5 Å². The molecule has 7 heteroatoms. The molecule has 0 saturated heterocycles. The molecule has 0 spiro atoms. The van der Waals surface area contributed by atoms with Crippen LogP contribution >= 0.6 is 0 Å². The van der Waals surface area contributed by atoms with Gasteiger partial charge in [0.25, 0.3) is 0 Å². The van der Waals surface area contributed by atoms with Crippen molar-refractivity contribution in [1.29, 1.82) is 0 Å². The van der Waals surface area contributed by atoms with E-state index in [-0.39, 0.29) is 6.04 Å². The maximum Gasteiger partial charge on any atom is 0.419 e. The van der Waals surface area contributed by atoms with Gasteiger partial charge < -0.3 is 15.2 Å². The van der Waals surface area contributed by atoms with E-state index < -0.39 is 30.1 Å². The summed E-state index contributed by atoms with van der Waals surface area (Å²) >= 11 is 0. The Labute approximate surface area is 121 Å². The Balaban J connectivity index is 3.00. The summed E-state index contributed by atoms with van der Waals surface area (Å²) in [7, 11) is 1.13. The molecule has 0 aliphatic carbocycles. The number of carbonyl (C=O) groups is 1. The van der Waals surface area contributed by atoms with Gasteiger partial charge in [-0.3, -0.25) is 0 Å². The van der Waals surface area contributed by atoms with E-state index in [1.165, 1.54) is 12.1 Å². The molecule has 1 aromatic carbocycles. The molecule has 0 amide bonds. The van der Waals surface area contributed by atoms with Gasteiger partial charge in [0.1, 0.15) is 5.75 Å². The van der Waals surface area contributed by atoms with Gasteiger partial charge in [-0.25, -0.2) is 4.79 Å². The molecular weight excluding hydrogens is 287 g/mol. The Kier molecular flexibility index (Phi) is 6.02. The monoisotopic (exact) mass is 305 g/mol. The SMILES string of the molecule is CCC(N)Cc1ccc(OCC(=O)OC)c(C(F)(F)F)c1. The lowest BCUT2D eigenvalue weighted by atomic mass is 10.0. The van der Waals surface area contributed by atoms with Crippen LogP contribution in [0.4, 0.5) is 13.2 Å². The molecule has 0 radical (unpaired) electrons. The lowest BCUT2D eigenvalue weighted by Gasteiger charge is -2.16. The molecule has 1 rings (SSSR count). The molecule has 0 saturated carbocycles. The highest BCUT2D eigenvalue weighted by atomic mass is 19.4. The highest BCUT2D eigenvalue weighted by Crippen LogP contribution is 2.37. The zero-order chi connectivity index (χ0) is 16.0. The van der Waals surface area contributed by atoms with E-state index >= 15 is 0 Å². The molecule has 1 aromatic rings. The second-order valence-corrected chi connectivity index (χ2v) is 4.57. The van der Waals surface area contributed by atoms with Gasteiger partial charge in [-0.2, -0.15) is 13.2 Å².